The van der Waals surface area contributed by atoms with Gasteiger partial charge >= 0.3 is 0 Å². The molecule has 198 valence electrons. The number of benzene rings is 1. The van der Waals surface area contributed by atoms with Crippen LogP contribution < -0.4 is 10.1 Å². The number of hydrogen-bond acceptors (Lipinski definition) is 4. The fourth-order valence-corrected chi connectivity index (χ4v) is 5.24. The van der Waals surface area contributed by atoms with Gasteiger partial charge in [-0.3, -0.25) is 4.79 Å². The number of ether oxygens (including phenoxy) is 1. The van der Waals surface area contributed by atoms with Crippen LogP contribution in [0.4, 0.5) is 0 Å². The first-order valence-corrected chi connectivity index (χ1v) is 13.8. The molecule has 0 unspecified atom stereocenters. The minimum absolute atomic E-state index is 0.0802. The van der Waals surface area contributed by atoms with Crippen LogP contribution in [0.3, 0.4) is 0 Å². The quantitative estimate of drug-likeness (QED) is 0.365. The van der Waals surface area contributed by atoms with E-state index >= 15 is 0 Å². The summed E-state index contributed by atoms with van der Waals surface area (Å²) >= 11 is 0. The molecule has 1 aromatic carbocycles. The van der Waals surface area contributed by atoms with Crippen LogP contribution in [0, 0.1) is 25.7 Å². The standard InChI is InChI=1S/C31H46N2O3/c1-23(2)27-10-5-6-11-28(13-12-27)33-17-14-26(15-18-33)9-7-20-36-29-21-24(3)30(25(4)22-29)31(35)32-16-8-19-34/h5,10,12-13,21-23,26,34H,6-9,11,14-20H2,1-4H3,(H,32,35)/b10-5+,27-12+,28-13+. The van der Waals surface area contributed by atoms with Crippen molar-refractivity contribution in [1.29, 1.82) is 0 Å². The first-order valence-electron chi connectivity index (χ1n) is 13.8. The lowest BCUT2D eigenvalue weighted by molar-refractivity contribution is 0.0950. The van der Waals surface area contributed by atoms with Crippen molar-refractivity contribution in [3.63, 3.8) is 0 Å². The van der Waals surface area contributed by atoms with E-state index in [1.54, 1.807) is 0 Å². The molecule has 3 rings (SSSR count). The topological polar surface area (TPSA) is 61.8 Å². The highest BCUT2D eigenvalue weighted by atomic mass is 16.5. The summed E-state index contributed by atoms with van der Waals surface area (Å²) in [5.74, 6) is 2.09. The molecule has 0 atom stereocenters. The average Bonchev–Trinajstić information content (AvgIpc) is 2.82. The highest BCUT2D eigenvalue weighted by Gasteiger charge is 2.21. The Morgan fingerprint density at radius 3 is 2.53 bits per heavy atom. The Kier molecular flexibility index (Phi) is 11.1. The Balaban J connectivity index is 1.41. The van der Waals surface area contributed by atoms with Gasteiger partial charge in [-0.1, -0.05) is 32.1 Å². The second kappa shape index (κ2) is 14.3. The predicted molar refractivity (Wildman–Crippen MR) is 148 cm³/mol. The summed E-state index contributed by atoms with van der Waals surface area (Å²) < 4.78 is 6.07. The summed E-state index contributed by atoms with van der Waals surface area (Å²) in [4.78, 5) is 15.1. The van der Waals surface area contributed by atoms with Gasteiger partial charge in [0.2, 0.25) is 0 Å². The van der Waals surface area contributed by atoms with Gasteiger partial charge in [-0.25, -0.2) is 0 Å². The largest absolute Gasteiger partial charge is 0.494 e. The molecule has 2 N–H and O–H groups in total. The smallest absolute Gasteiger partial charge is 0.251 e. The predicted octanol–water partition coefficient (Wildman–Crippen LogP) is 6.10. The number of piperidine rings is 1. The summed E-state index contributed by atoms with van der Waals surface area (Å²) in [5, 5.41) is 11.8. The molecule has 1 aromatic rings. The maximum Gasteiger partial charge on any atom is 0.251 e. The number of likely N-dealkylation sites (tertiary alicyclic amines) is 1. The monoisotopic (exact) mass is 494 g/mol. The van der Waals surface area contributed by atoms with Crippen molar-refractivity contribution in [3.05, 3.63) is 64.4 Å². The fourth-order valence-electron chi connectivity index (χ4n) is 5.24. The van der Waals surface area contributed by atoms with Crippen LogP contribution in [-0.2, 0) is 0 Å². The van der Waals surface area contributed by atoms with E-state index in [0.717, 1.165) is 55.1 Å². The van der Waals surface area contributed by atoms with Gasteiger partial charge in [-0.2, -0.15) is 0 Å². The minimum Gasteiger partial charge on any atom is -0.494 e. The van der Waals surface area contributed by atoms with E-state index in [2.05, 4.69) is 48.4 Å². The Morgan fingerprint density at radius 1 is 1.14 bits per heavy atom. The number of hydrogen-bond donors (Lipinski definition) is 2. The third kappa shape index (κ3) is 8.26. The second-order valence-corrected chi connectivity index (χ2v) is 10.6. The summed E-state index contributed by atoms with van der Waals surface area (Å²) in [6, 6.07) is 3.92. The average molecular weight is 495 g/mol. The highest BCUT2D eigenvalue weighted by Crippen LogP contribution is 2.28. The van der Waals surface area contributed by atoms with Crippen LogP contribution in [0.15, 0.2) is 47.7 Å². The van der Waals surface area contributed by atoms with Crippen molar-refractivity contribution < 1.29 is 14.6 Å². The van der Waals surface area contributed by atoms with Crippen molar-refractivity contribution in [2.75, 3.05) is 32.8 Å². The number of aliphatic hydroxyl groups is 1. The van der Waals surface area contributed by atoms with Crippen molar-refractivity contribution in [2.24, 2.45) is 11.8 Å². The number of carbonyl (C=O) groups is 1. The highest BCUT2D eigenvalue weighted by molar-refractivity contribution is 5.97. The van der Waals surface area contributed by atoms with E-state index in [9.17, 15) is 4.79 Å². The molecule has 1 heterocycles. The third-order valence-corrected chi connectivity index (χ3v) is 7.41. The number of carbonyl (C=O) groups excluding carboxylic acids is 1. The molecule has 5 nitrogen and oxygen atoms in total. The minimum atomic E-state index is -0.0839. The molecular weight excluding hydrogens is 448 g/mol. The molecule has 2 aliphatic rings. The molecule has 36 heavy (non-hydrogen) atoms. The zero-order valence-corrected chi connectivity index (χ0v) is 22.8. The third-order valence-electron chi connectivity index (χ3n) is 7.41. The summed E-state index contributed by atoms with van der Waals surface area (Å²) in [7, 11) is 0. The molecule has 1 aliphatic heterocycles. The molecule has 1 amide bonds. The van der Waals surface area contributed by atoms with E-state index < -0.39 is 0 Å². The van der Waals surface area contributed by atoms with Crippen LogP contribution in [0.1, 0.15) is 80.3 Å². The Labute approximate surface area is 218 Å². The number of nitrogens with zero attached hydrogens (tertiary/aromatic N) is 1. The molecule has 0 bridgehead atoms. The molecule has 0 aromatic heterocycles. The molecule has 1 fully saturated rings. The van der Waals surface area contributed by atoms with Gasteiger partial charge in [0, 0.05) is 37.5 Å². The SMILES string of the molecule is Cc1cc(OCCCC2CCN(/C3=C/C=C(C(C)C)\C=C\CC3)CC2)cc(C)c1C(=O)NCCCO. The van der Waals surface area contributed by atoms with Crippen LogP contribution >= 0.6 is 0 Å². The molecule has 0 radical (unpaired) electrons. The van der Waals surface area contributed by atoms with Crippen molar-refractivity contribution in [3.8, 4) is 5.75 Å². The van der Waals surface area contributed by atoms with Gasteiger partial charge in [0.1, 0.15) is 5.75 Å². The molecule has 0 spiro atoms. The van der Waals surface area contributed by atoms with E-state index in [1.165, 1.54) is 30.5 Å². The summed E-state index contributed by atoms with van der Waals surface area (Å²) in [5.41, 5.74) is 5.47. The maximum absolute atomic E-state index is 12.5. The molecule has 1 aliphatic carbocycles. The van der Waals surface area contributed by atoms with E-state index in [1.807, 2.05) is 26.0 Å². The van der Waals surface area contributed by atoms with Crippen LogP contribution in [0.25, 0.3) is 0 Å². The normalized spacial score (nSPS) is 20.7. The van der Waals surface area contributed by atoms with Gasteiger partial charge < -0.3 is 20.1 Å². The number of aliphatic hydroxyl groups excluding tert-OH is 1. The number of allylic oxidation sites excluding steroid dienone is 6. The van der Waals surface area contributed by atoms with Gasteiger partial charge in [0.05, 0.1) is 6.61 Å². The molecular formula is C31H46N2O3. The van der Waals surface area contributed by atoms with Gasteiger partial charge in [-0.05, 0) is 106 Å². The lowest BCUT2D eigenvalue weighted by atomic mass is 9.91. The second-order valence-electron chi connectivity index (χ2n) is 10.6. The van der Waals surface area contributed by atoms with Crippen LogP contribution in [0.5, 0.6) is 5.75 Å². The van der Waals surface area contributed by atoms with Gasteiger partial charge in [-0.15, -0.1) is 0 Å². The molecule has 1 saturated heterocycles. The number of amides is 1. The zero-order valence-electron chi connectivity index (χ0n) is 22.8. The summed E-state index contributed by atoms with van der Waals surface area (Å²) in [6.45, 7) is 12.0. The maximum atomic E-state index is 12.5. The number of nitrogens with one attached hydrogen (secondary N) is 1. The lowest BCUT2D eigenvalue weighted by Gasteiger charge is -2.35. The van der Waals surface area contributed by atoms with E-state index in [0.29, 0.717) is 31.1 Å². The van der Waals surface area contributed by atoms with Crippen molar-refractivity contribution in [1.82, 2.24) is 10.2 Å². The number of rotatable bonds is 11. The molecule has 5 heteroatoms. The number of aryl methyl sites for hydroxylation is 2. The Hall–Kier alpha value is -2.53. The fraction of sp³-hybridized carbons (Fsp3) is 0.581. The van der Waals surface area contributed by atoms with E-state index in [-0.39, 0.29) is 12.5 Å². The first-order chi connectivity index (χ1) is 17.4. The lowest BCUT2D eigenvalue weighted by Crippen LogP contribution is -2.33. The Morgan fingerprint density at radius 2 is 1.86 bits per heavy atom. The summed E-state index contributed by atoms with van der Waals surface area (Å²) in [6.07, 6.45) is 16.9. The van der Waals surface area contributed by atoms with Gasteiger partial charge in [0.15, 0.2) is 0 Å². The zero-order chi connectivity index (χ0) is 25.9. The van der Waals surface area contributed by atoms with Crippen molar-refractivity contribution in [2.45, 2.75) is 72.6 Å². The van der Waals surface area contributed by atoms with E-state index in [4.69, 9.17) is 9.84 Å². The first kappa shape index (κ1) is 28.0. The molecule has 0 saturated carbocycles. The van der Waals surface area contributed by atoms with Crippen LogP contribution in [0.2, 0.25) is 0 Å². The van der Waals surface area contributed by atoms with Crippen molar-refractivity contribution >= 4 is 5.91 Å². The van der Waals surface area contributed by atoms with Gasteiger partial charge in [0.25, 0.3) is 5.91 Å². The van der Waals surface area contributed by atoms with Crippen LogP contribution in [-0.4, -0.2) is 48.8 Å². The Bertz CT molecular complexity index is 930.